The molecule has 0 bridgehead atoms. The van der Waals surface area contributed by atoms with Gasteiger partial charge in [0.05, 0.1) is 10.6 Å². The van der Waals surface area contributed by atoms with Crippen LogP contribution >= 0.6 is 11.3 Å². The van der Waals surface area contributed by atoms with Crippen LogP contribution in [0.2, 0.25) is 0 Å². The number of anilines is 2. The number of ether oxygens (including phenoxy) is 1. The molecule has 0 aliphatic heterocycles. The monoisotopic (exact) mass is 407 g/mol. The summed E-state index contributed by atoms with van der Waals surface area (Å²) in [7, 11) is 0. The molecular formula is C19H22FN3O4S. The Bertz CT molecular complexity index is 863. The summed E-state index contributed by atoms with van der Waals surface area (Å²) in [5, 5.41) is 9.22. The first-order valence-corrected chi connectivity index (χ1v) is 9.38. The van der Waals surface area contributed by atoms with Crippen LogP contribution in [0.15, 0.2) is 35.7 Å². The van der Waals surface area contributed by atoms with E-state index in [-0.39, 0.29) is 17.3 Å². The van der Waals surface area contributed by atoms with E-state index in [1.165, 1.54) is 30.4 Å². The van der Waals surface area contributed by atoms with E-state index in [4.69, 9.17) is 4.74 Å². The summed E-state index contributed by atoms with van der Waals surface area (Å²) in [4.78, 5) is 36.6. The van der Waals surface area contributed by atoms with E-state index in [1.54, 1.807) is 38.3 Å². The van der Waals surface area contributed by atoms with E-state index in [0.717, 1.165) is 6.07 Å². The fraction of sp³-hybridized carbons (Fsp3) is 0.316. The lowest BCUT2D eigenvalue weighted by Gasteiger charge is -2.20. The van der Waals surface area contributed by atoms with Crippen LogP contribution in [0.5, 0.6) is 0 Å². The fourth-order valence-electron chi connectivity index (χ4n) is 2.10. The van der Waals surface area contributed by atoms with E-state index in [1.807, 2.05) is 0 Å². The number of thiophene rings is 1. The van der Waals surface area contributed by atoms with Crippen molar-refractivity contribution in [3.8, 4) is 0 Å². The summed E-state index contributed by atoms with van der Waals surface area (Å²) in [6, 6.07) is 6.30. The quantitative estimate of drug-likeness (QED) is 0.698. The molecule has 0 fully saturated rings. The Labute approximate surface area is 166 Å². The van der Waals surface area contributed by atoms with E-state index in [9.17, 15) is 18.8 Å². The maximum absolute atomic E-state index is 13.9. The smallest absolute Gasteiger partial charge is 0.412 e. The summed E-state index contributed by atoms with van der Waals surface area (Å²) < 4.78 is 19.0. The van der Waals surface area contributed by atoms with Gasteiger partial charge in [-0.1, -0.05) is 6.07 Å². The molecule has 0 saturated heterocycles. The van der Waals surface area contributed by atoms with E-state index in [0.29, 0.717) is 4.88 Å². The molecule has 0 aliphatic carbocycles. The second kappa shape index (κ2) is 8.83. The van der Waals surface area contributed by atoms with Crippen LogP contribution in [0.4, 0.5) is 20.6 Å². The molecule has 3 N–H and O–H groups in total. The third-order valence-electron chi connectivity index (χ3n) is 3.36. The lowest BCUT2D eigenvalue weighted by molar-refractivity contribution is -0.117. The molecule has 28 heavy (non-hydrogen) atoms. The van der Waals surface area contributed by atoms with Gasteiger partial charge in [-0.05, 0) is 57.3 Å². The third kappa shape index (κ3) is 6.34. The van der Waals surface area contributed by atoms with Gasteiger partial charge in [-0.15, -0.1) is 11.3 Å². The zero-order valence-corrected chi connectivity index (χ0v) is 16.8. The molecule has 0 spiro atoms. The average molecular weight is 407 g/mol. The maximum atomic E-state index is 13.9. The molecular weight excluding hydrogens is 385 g/mol. The minimum atomic E-state index is -0.818. The molecule has 1 atom stereocenters. The minimum absolute atomic E-state index is 0.137. The molecule has 0 radical (unpaired) electrons. The Morgan fingerprint density at radius 3 is 2.46 bits per heavy atom. The van der Waals surface area contributed by atoms with Gasteiger partial charge in [0.1, 0.15) is 17.5 Å². The van der Waals surface area contributed by atoms with Crippen LogP contribution in [0, 0.1) is 5.82 Å². The Balaban J connectivity index is 2.00. The molecule has 150 valence electrons. The molecule has 1 unspecified atom stereocenters. The predicted octanol–water partition coefficient (Wildman–Crippen LogP) is 3.99. The highest BCUT2D eigenvalue weighted by atomic mass is 32.1. The average Bonchev–Trinajstić information content (AvgIpc) is 3.10. The number of amides is 3. The van der Waals surface area contributed by atoms with Gasteiger partial charge in [-0.3, -0.25) is 14.9 Å². The topological polar surface area (TPSA) is 96.5 Å². The summed E-state index contributed by atoms with van der Waals surface area (Å²) >= 11 is 1.26. The van der Waals surface area contributed by atoms with Crippen LogP contribution in [0.25, 0.3) is 0 Å². The van der Waals surface area contributed by atoms with E-state index in [2.05, 4.69) is 16.0 Å². The van der Waals surface area contributed by atoms with Crippen molar-refractivity contribution >= 4 is 40.6 Å². The van der Waals surface area contributed by atoms with Crippen molar-refractivity contribution in [1.29, 1.82) is 0 Å². The zero-order valence-electron chi connectivity index (χ0n) is 16.0. The summed E-state index contributed by atoms with van der Waals surface area (Å²) in [6.45, 7) is 6.59. The van der Waals surface area contributed by atoms with Crippen molar-refractivity contribution in [3.63, 3.8) is 0 Å². The van der Waals surface area contributed by atoms with Crippen molar-refractivity contribution < 1.29 is 23.5 Å². The highest BCUT2D eigenvalue weighted by Gasteiger charge is 2.19. The molecule has 1 aromatic heterocycles. The number of carbonyl (C=O) groups is 3. The largest absolute Gasteiger partial charge is 0.444 e. The summed E-state index contributed by atoms with van der Waals surface area (Å²) in [5.41, 5.74) is -0.611. The van der Waals surface area contributed by atoms with Gasteiger partial charge >= 0.3 is 6.09 Å². The first-order chi connectivity index (χ1) is 13.0. The van der Waals surface area contributed by atoms with Crippen molar-refractivity contribution in [1.82, 2.24) is 5.32 Å². The second-order valence-corrected chi connectivity index (χ2v) is 7.93. The first kappa shape index (κ1) is 21.4. The standard InChI is InChI=1S/C19H22FN3O4S/c1-11(21-17(25)15-6-5-9-28-15)16(24)22-12-7-8-13(20)14(10-12)23-18(26)27-19(2,3)4/h5-11H,1-4H3,(H,21,25)(H,22,24)(H,23,26). The number of halogens is 1. The Kier molecular flexibility index (Phi) is 6.74. The first-order valence-electron chi connectivity index (χ1n) is 8.50. The van der Waals surface area contributed by atoms with E-state index < -0.39 is 29.5 Å². The Morgan fingerprint density at radius 2 is 1.86 bits per heavy atom. The molecule has 0 aliphatic rings. The van der Waals surface area contributed by atoms with Crippen LogP contribution in [-0.4, -0.2) is 29.6 Å². The number of hydrogen-bond donors (Lipinski definition) is 3. The molecule has 3 amide bonds. The number of nitrogens with one attached hydrogen (secondary N) is 3. The second-order valence-electron chi connectivity index (χ2n) is 6.98. The third-order valence-corrected chi connectivity index (χ3v) is 4.22. The number of carbonyl (C=O) groups excluding carboxylic acids is 3. The van der Waals surface area contributed by atoms with Gasteiger partial charge in [-0.25, -0.2) is 9.18 Å². The van der Waals surface area contributed by atoms with Crippen molar-refractivity contribution in [3.05, 3.63) is 46.4 Å². The van der Waals surface area contributed by atoms with Crippen molar-refractivity contribution in [2.75, 3.05) is 10.6 Å². The molecule has 2 rings (SSSR count). The van der Waals surface area contributed by atoms with Gasteiger partial charge < -0.3 is 15.4 Å². The molecule has 1 heterocycles. The SMILES string of the molecule is CC(NC(=O)c1cccs1)C(=O)Nc1ccc(F)c(NC(=O)OC(C)(C)C)c1. The van der Waals surface area contributed by atoms with Gasteiger partial charge in [0.2, 0.25) is 5.91 Å². The lowest BCUT2D eigenvalue weighted by atomic mass is 10.2. The predicted molar refractivity (Wildman–Crippen MR) is 106 cm³/mol. The van der Waals surface area contributed by atoms with Gasteiger partial charge in [0.25, 0.3) is 5.91 Å². The highest BCUT2D eigenvalue weighted by Crippen LogP contribution is 2.21. The normalized spacial score (nSPS) is 12.0. The van der Waals surface area contributed by atoms with E-state index >= 15 is 0 Å². The Morgan fingerprint density at radius 1 is 1.14 bits per heavy atom. The number of rotatable bonds is 5. The summed E-state index contributed by atoms with van der Waals surface area (Å²) in [6.07, 6.45) is -0.813. The minimum Gasteiger partial charge on any atom is -0.444 e. The number of hydrogen-bond acceptors (Lipinski definition) is 5. The molecule has 2 aromatic rings. The van der Waals surface area contributed by atoms with Gasteiger partial charge in [-0.2, -0.15) is 0 Å². The van der Waals surface area contributed by atoms with Crippen LogP contribution in [0.3, 0.4) is 0 Å². The highest BCUT2D eigenvalue weighted by molar-refractivity contribution is 7.12. The van der Waals surface area contributed by atoms with Crippen LogP contribution < -0.4 is 16.0 Å². The van der Waals surface area contributed by atoms with Gasteiger partial charge in [0, 0.05) is 5.69 Å². The van der Waals surface area contributed by atoms with Crippen molar-refractivity contribution in [2.45, 2.75) is 39.3 Å². The van der Waals surface area contributed by atoms with Crippen LogP contribution in [0.1, 0.15) is 37.4 Å². The maximum Gasteiger partial charge on any atom is 0.412 e. The molecule has 9 heteroatoms. The molecule has 1 aromatic carbocycles. The lowest BCUT2D eigenvalue weighted by Crippen LogP contribution is -2.41. The Hall–Kier alpha value is -2.94. The van der Waals surface area contributed by atoms with Crippen LogP contribution in [-0.2, 0) is 9.53 Å². The molecule has 7 nitrogen and oxygen atoms in total. The summed E-state index contributed by atoms with van der Waals surface area (Å²) in [5.74, 6) is -1.52. The van der Waals surface area contributed by atoms with Gasteiger partial charge in [0.15, 0.2) is 0 Å². The molecule has 0 saturated carbocycles. The zero-order chi connectivity index (χ0) is 20.9. The van der Waals surface area contributed by atoms with Crippen molar-refractivity contribution in [2.24, 2.45) is 0 Å². The number of benzene rings is 1. The fourth-order valence-corrected chi connectivity index (χ4v) is 2.73.